The molecule has 27 heavy (non-hydrogen) atoms. The number of halogens is 2. The van der Waals surface area contributed by atoms with Crippen molar-refractivity contribution in [3.8, 4) is 5.75 Å². The molecule has 0 radical (unpaired) electrons. The molecule has 0 aliphatic carbocycles. The lowest BCUT2D eigenvalue weighted by Gasteiger charge is -2.22. The Labute approximate surface area is 171 Å². The first-order chi connectivity index (χ1) is 12.9. The molecule has 6 heteroatoms. The maximum atomic E-state index is 12.2. The van der Waals surface area contributed by atoms with Gasteiger partial charge in [0.05, 0.1) is 11.6 Å². The van der Waals surface area contributed by atoms with Crippen molar-refractivity contribution in [2.45, 2.75) is 33.6 Å². The lowest BCUT2D eigenvalue weighted by Crippen LogP contribution is -2.22. The van der Waals surface area contributed by atoms with E-state index in [1.54, 1.807) is 18.2 Å². The van der Waals surface area contributed by atoms with Gasteiger partial charge in [-0.15, -0.1) is 0 Å². The van der Waals surface area contributed by atoms with Gasteiger partial charge in [-0.25, -0.2) is 0 Å². The van der Waals surface area contributed by atoms with Crippen LogP contribution < -0.4 is 15.0 Å². The van der Waals surface area contributed by atoms with Crippen LogP contribution in [0.5, 0.6) is 5.75 Å². The van der Waals surface area contributed by atoms with E-state index in [0.717, 1.165) is 24.3 Å². The fourth-order valence-electron chi connectivity index (χ4n) is 2.79. The second-order valence-electron chi connectivity index (χ2n) is 6.25. The van der Waals surface area contributed by atoms with Gasteiger partial charge in [0.25, 0.3) is 0 Å². The van der Waals surface area contributed by atoms with Crippen molar-refractivity contribution in [3.05, 3.63) is 52.0 Å². The second-order valence-corrected chi connectivity index (χ2v) is 7.09. The Morgan fingerprint density at radius 1 is 1.11 bits per heavy atom. The molecule has 146 valence electrons. The molecule has 0 aromatic heterocycles. The molecule has 0 bridgehead atoms. The Bertz CT molecular complexity index is 777. The summed E-state index contributed by atoms with van der Waals surface area (Å²) in [4.78, 5) is 14.5. The minimum atomic E-state index is -0.0282. The van der Waals surface area contributed by atoms with Gasteiger partial charge in [-0.05, 0) is 69.2 Å². The highest BCUT2D eigenvalue weighted by molar-refractivity contribution is 6.35. The minimum absolute atomic E-state index is 0.0282. The van der Waals surface area contributed by atoms with E-state index < -0.39 is 0 Å². The average Bonchev–Trinajstić information content (AvgIpc) is 2.63. The van der Waals surface area contributed by atoms with Crippen molar-refractivity contribution >= 4 is 40.5 Å². The van der Waals surface area contributed by atoms with E-state index in [4.69, 9.17) is 27.9 Å². The third-order valence-corrected chi connectivity index (χ3v) is 4.84. The van der Waals surface area contributed by atoms with Crippen LogP contribution in [-0.2, 0) is 4.79 Å². The van der Waals surface area contributed by atoms with Crippen LogP contribution in [0.25, 0.3) is 0 Å². The molecule has 1 amide bonds. The number of anilines is 2. The molecule has 2 aromatic rings. The Balaban J connectivity index is 1.81. The van der Waals surface area contributed by atoms with E-state index in [1.807, 2.05) is 19.1 Å². The number of amides is 1. The zero-order valence-corrected chi connectivity index (χ0v) is 17.5. The summed E-state index contributed by atoms with van der Waals surface area (Å²) in [6.45, 7) is 8.60. The first-order valence-corrected chi connectivity index (χ1v) is 9.93. The topological polar surface area (TPSA) is 41.6 Å². The summed E-state index contributed by atoms with van der Waals surface area (Å²) in [5.41, 5.74) is 3.07. The summed E-state index contributed by atoms with van der Waals surface area (Å²) in [5, 5.41) is 4.01. The summed E-state index contributed by atoms with van der Waals surface area (Å²) in [5.74, 6) is 0.545. The van der Waals surface area contributed by atoms with E-state index >= 15 is 0 Å². The molecular weight excluding hydrogens is 383 g/mol. The number of hydrogen-bond acceptors (Lipinski definition) is 3. The third kappa shape index (κ3) is 6.33. The van der Waals surface area contributed by atoms with Crippen molar-refractivity contribution in [2.24, 2.45) is 0 Å². The Morgan fingerprint density at radius 3 is 2.48 bits per heavy atom. The summed E-state index contributed by atoms with van der Waals surface area (Å²) >= 11 is 11.9. The van der Waals surface area contributed by atoms with Gasteiger partial charge in [-0.3, -0.25) is 4.79 Å². The van der Waals surface area contributed by atoms with Crippen molar-refractivity contribution in [1.82, 2.24) is 0 Å². The first kappa shape index (κ1) is 21.4. The smallest absolute Gasteiger partial charge is 0.224 e. The molecule has 0 heterocycles. The first-order valence-electron chi connectivity index (χ1n) is 9.17. The zero-order chi connectivity index (χ0) is 19.8. The maximum Gasteiger partial charge on any atom is 0.224 e. The van der Waals surface area contributed by atoms with Crippen LogP contribution >= 0.6 is 23.2 Å². The van der Waals surface area contributed by atoms with Crippen molar-refractivity contribution < 1.29 is 9.53 Å². The van der Waals surface area contributed by atoms with Gasteiger partial charge in [0.2, 0.25) is 5.91 Å². The standard InChI is InChI=1S/C21H26Cl2N2O2/c1-4-25(5-2)17-9-10-19(15(3)13-17)24-21(26)7-6-12-27-20-11-8-16(22)14-18(20)23/h8-11,13-14H,4-7,12H2,1-3H3,(H,24,26). The Morgan fingerprint density at radius 2 is 1.85 bits per heavy atom. The summed E-state index contributed by atoms with van der Waals surface area (Å²) < 4.78 is 5.61. The van der Waals surface area contributed by atoms with Crippen LogP contribution in [0.15, 0.2) is 36.4 Å². The highest BCUT2D eigenvalue weighted by Gasteiger charge is 2.08. The number of nitrogens with one attached hydrogen (secondary N) is 1. The number of ether oxygens (including phenoxy) is 1. The van der Waals surface area contributed by atoms with Crippen LogP contribution in [-0.4, -0.2) is 25.6 Å². The molecule has 0 atom stereocenters. The van der Waals surface area contributed by atoms with E-state index in [1.165, 1.54) is 5.69 Å². The molecule has 0 saturated heterocycles. The molecule has 0 fully saturated rings. The fourth-order valence-corrected chi connectivity index (χ4v) is 3.26. The minimum Gasteiger partial charge on any atom is -0.492 e. The van der Waals surface area contributed by atoms with Crippen molar-refractivity contribution in [2.75, 3.05) is 29.9 Å². The van der Waals surface area contributed by atoms with E-state index in [-0.39, 0.29) is 5.91 Å². The SMILES string of the molecule is CCN(CC)c1ccc(NC(=O)CCCOc2ccc(Cl)cc2Cl)c(C)c1. The normalized spacial score (nSPS) is 10.6. The second kappa shape index (κ2) is 10.4. The molecule has 2 rings (SSSR count). The summed E-state index contributed by atoms with van der Waals surface area (Å²) in [6.07, 6.45) is 0.976. The monoisotopic (exact) mass is 408 g/mol. The number of benzene rings is 2. The summed E-state index contributed by atoms with van der Waals surface area (Å²) in [6, 6.07) is 11.2. The molecule has 0 aliphatic rings. The van der Waals surface area contributed by atoms with Crippen LogP contribution in [0, 0.1) is 6.92 Å². The van der Waals surface area contributed by atoms with Crippen LogP contribution in [0.2, 0.25) is 10.0 Å². The molecular formula is C21H26Cl2N2O2. The number of rotatable bonds is 9. The lowest BCUT2D eigenvalue weighted by molar-refractivity contribution is -0.116. The van der Waals surface area contributed by atoms with E-state index in [9.17, 15) is 4.79 Å². The highest BCUT2D eigenvalue weighted by Crippen LogP contribution is 2.27. The van der Waals surface area contributed by atoms with Crippen molar-refractivity contribution in [1.29, 1.82) is 0 Å². The van der Waals surface area contributed by atoms with Gasteiger partial charge in [0, 0.05) is 35.9 Å². The van der Waals surface area contributed by atoms with Crippen LogP contribution in [0.1, 0.15) is 32.3 Å². The molecule has 0 aliphatic heterocycles. The van der Waals surface area contributed by atoms with Gasteiger partial charge >= 0.3 is 0 Å². The van der Waals surface area contributed by atoms with Crippen molar-refractivity contribution in [3.63, 3.8) is 0 Å². The number of carbonyl (C=O) groups excluding carboxylic acids is 1. The third-order valence-electron chi connectivity index (χ3n) is 4.31. The molecule has 0 saturated carbocycles. The number of nitrogens with zero attached hydrogens (tertiary/aromatic N) is 1. The number of hydrogen-bond donors (Lipinski definition) is 1. The predicted molar refractivity (Wildman–Crippen MR) is 115 cm³/mol. The van der Waals surface area contributed by atoms with Crippen LogP contribution in [0.4, 0.5) is 11.4 Å². The molecule has 2 aromatic carbocycles. The lowest BCUT2D eigenvalue weighted by atomic mass is 10.1. The van der Waals surface area contributed by atoms with Gasteiger partial charge in [-0.1, -0.05) is 23.2 Å². The Kier molecular flexibility index (Phi) is 8.26. The molecule has 0 unspecified atom stereocenters. The van der Waals surface area contributed by atoms with Gasteiger partial charge < -0.3 is 15.0 Å². The van der Waals surface area contributed by atoms with E-state index in [0.29, 0.717) is 35.2 Å². The highest BCUT2D eigenvalue weighted by atomic mass is 35.5. The molecule has 0 spiro atoms. The largest absolute Gasteiger partial charge is 0.492 e. The van der Waals surface area contributed by atoms with Gasteiger partial charge in [0.1, 0.15) is 5.75 Å². The van der Waals surface area contributed by atoms with Gasteiger partial charge in [-0.2, -0.15) is 0 Å². The predicted octanol–water partition coefficient (Wildman–Crippen LogP) is 5.95. The maximum absolute atomic E-state index is 12.2. The average molecular weight is 409 g/mol. The number of carbonyl (C=O) groups is 1. The Hall–Kier alpha value is -1.91. The molecule has 1 N–H and O–H groups in total. The van der Waals surface area contributed by atoms with E-state index in [2.05, 4.69) is 30.1 Å². The zero-order valence-electron chi connectivity index (χ0n) is 16.0. The van der Waals surface area contributed by atoms with Crippen LogP contribution in [0.3, 0.4) is 0 Å². The van der Waals surface area contributed by atoms with Gasteiger partial charge in [0.15, 0.2) is 0 Å². The molecule has 4 nitrogen and oxygen atoms in total. The summed E-state index contributed by atoms with van der Waals surface area (Å²) in [7, 11) is 0. The number of aryl methyl sites for hydroxylation is 1. The fraction of sp³-hybridized carbons (Fsp3) is 0.381. The quantitative estimate of drug-likeness (QED) is 0.521.